The third-order valence-electron chi connectivity index (χ3n) is 7.54. The zero-order valence-electron chi connectivity index (χ0n) is 21.6. The van der Waals surface area contributed by atoms with Crippen molar-refractivity contribution in [2.45, 2.75) is 52.0 Å². The van der Waals surface area contributed by atoms with Crippen molar-refractivity contribution in [3.05, 3.63) is 70.2 Å². The number of likely N-dealkylation sites (tertiary alicyclic amines) is 1. The quantitative estimate of drug-likeness (QED) is 0.393. The van der Waals surface area contributed by atoms with E-state index in [1.807, 2.05) is 35.9 Å². The van der Waals surface area contributed by atoms with Crippen molar-refractivity contribution in [1.29, 1.82) is 0 Å². The number of alkyl halides is 3. The van der Waals surface area contributed by atoms with Crippen LogP contribution in [0.4, 0.5) is 13.2 Å². The van der Waals surface area contributed by atoms with Crippen LogP contribution < -0.4 is 0 Å². The minimum atomic E-state index is -3.66. The van der Waals surface area contributed by atoms with Crippen LogP contribution in [0, 0.1) is 12.8 Å². The second-order valence-corrected chi connectivity index (χ2v) is 10.3. The van der Waals surface area contributed by atoms with Crippen molar-refractivity contribution in [2.75, 3.05) is 26.4 Å². The van der Waals surface area contributed by atoms with Gasteiger partial charge in [-0.15, -0.1) is 0 Å². The van der Waals surface area contributed by atoms with Gasteiger partial charge in [0.1, 0.15) is 11.4 Å². The molecule has 0 radical (unpaired) electrons. The number of ether oxygens (including phenoxy) is 1. The molecule has 9 heteroatoms. The number of carbonyl (C=O) groups is 1. The van der Waals surface area contributed by atoms with Crippen molar-refractivity contribution < 1.29 is 27.8 Å². The van der Waals surface area contributed by atoms with Crippen LogP contribution in [0.5, 0.6) is 5.75 Å². The normalized spacial score (nSPS) is 16.9. The average molecular weight is 528 g/mol. The number of benzene rings is 1. The Morgan fingerprint density at radius 3 is 2.76 bits per heavy atom. The van der Waals surface area contributed by atoms with Gasteiger partial charge in [-0.05, 0) is 79.1 Å². The Labute approximate surface area is 219 Å². The molecule has 1 aliphatic heterocycles. The highest BCUT2D eigenvalue weighted by Crippen LogP contribution is 2.42. The standard InChI is InChI=1S/C29H32F3N3O3/c1-3-38-28(37)29(31,32)12-21-5-4-6-23-18(2)25(36)8-7-24(23)27(21)20-9-10-35-17-22(33-26(35)11-20)16-34-14-19(13-30)15-34/h7-11,17,19,36H,3-6,12-16H2,1-2H3. The average Bonchev–Trinajstić information content (AvgIpc) is 3.17. The summed E-state index contributed by atoms with van der Waals surface area (Å²) in [6, 6.07) is 7.10. The fraction of sp³-hybridized carbons (Fsp3) is 0.448. The molecule has 38 heavy (non-hydrogen) atoms. The van der Waals surface area contributed by atoms with Crippen LogP contribution in [0.25, 0.3) is 11.2 Å². The molecule has 0 unspecified atom stereocenters. The first-order chi connectivity index (χ1) is 18.2. The maximum Gasteiger partial charge on any atom is 0.377 e. The van der Waals surface area contributed by atoms with Gasteiger partial charge in [-0.2, -0.15) is 8.78 Å². The summed E-state index contributed by atoms with van der Waals surface area (Å²) in [6.45, 7) is 4.95. The van der Waals surface area contributed by atoms with Gasteiger partial charge in [-0.3, -0.25) is 9.29 Å². The van der Waals surface area contributed by atoms with Crippen LogP contribution in [0.3, 0.4) is 0 Å². The molecule has 1 fully saturated rings. The summed E-state index contributed by atoms with van der Waals surface area (Å²) < 4.78 is 49.4. The monoisotopic (exact) mass is 527 g/mol. The number of esters is 1. The second kappa shape index (κ2) is 10.4. The number of halogens is 3. The molecule has 2 aromatic heterocycles. The van der Waals surface area contributed by atoms with E-state index in [2.05, 4.69) is 9.64 Å². The number of carbonyl (C=O) groups excluding carboxylic acids is 1. The van der Waals surface area contributed by atoms with Crippen LogP contribution in [-0.4, -0.2) is 57.7 Å². The Bertz CT molecular complexity index is 1390. The lowest BCUT2D eigenvalue weighted by Gasteiger charge is -2.37. The third-order valence-corrected chi connectivity index (χ3v) is 7.54. The number of hydrogen-bond acceptors (Lipinski definition) is 5. The Morgan fingerprint density at radius 1 is 1.24 bits per heavy atom. The predicted octanol–water partition coefficient (Wildman–Crippen LogP) is 5.48. The number of nitrogens with zero attached hydrogens (tertiary/aromatic N) is 3. The number of rotatable bonds is 8. The van der Waals surface area contributed by atoms with Gasteiger partial charge in [0.25, 0.3) is 0 Å². The van der Waals surface area contributed by atoms with E-state index in [-0.39, 0.29) is 24.9 Å². The summed E-state index contributed by atoms with van der Waals surface area (Å²) in [5.41, 5.74) is 5.78. The molecule has 1 N–H and O–H groups in total. The summed E-state index contributed by atoms with van der Waals surface area (Å²) >= 11 is 0. The molecule has 0 saturated carbocycles. The van der Waals surface area contributed by atoms with Gasteiger partial charge in [0, 0.05) is 44.4 Å². The van der Waals surface area contributed by atoms with Crippen molar-refractivity contribution in [1.82, 2.24) is 14.3 Å². The minimum Gasteiger partial charge on any atom is -0.508 e. The van der Waals surface area contributed by atoms with E-state index < -0.39 is 18.3 Å². The van der Waals surface area contributed by atoms with Crippen LogP contribution >= 0.6 is 0 Å². The Kier molecular flexibility index (Phi) is 7.22. The van der Waals surface area contributed by atoms with Gasteiger partial charge in [0.05, 0.1) is 19.0 Å². The molecule has 3 aromatic rings. The third kappa shape index (κ3) is 5.04. The van der Waals surface area contributed by atoms with E-state index in [1.54, 1.807) is 12.1 Å². The molecule has 5 rings (SSSR count). The number of phenolic OH excluding ortho intramolecular Hbond substituents is 1. The minimum absolute atomic E-state index is 0.0925. The highest BCUT2D eigenvalue weighted by molar-refractivity contribution is 5.87. The number of phenols is 1. The number of fused-ring (bicyclic) bond motifs is 2. The van der Waals surface area contributed by atoms with Gasteiger partial charge < -0.3 is 14.2 Å². The molecule has 202 valence electrons. The fourth-order valence-electron chi connectivity index (χ4n) is 5.61. The number of hydrogen-bond donors (Lipinski definition) is 1. The molecule has 1 aromatic carbocycles. The van der Waals surface area contributed by atoms with Crippen LogP contribution in [0.1, 0.15) is 54.1 Å². The van der Waals surface area contributed by atoms with Gasteiger partial charge in [-0.1, -0.05) is 11.6 Å². The smallest absolute Gasteiger partial charge is 0.377 e. The molecule has 1 aliphatic carbocycles. The highest BCUT2D eigenvalue weighted by Gasteiger charge is 2.42. The maximum absolute atomic E-state index is 15.0. The Morgan fingerprint density at radius 2 is 2.03 bits per heavy atom. The molecule has 0 bridgehead atoms. The van der Waals surface area contributed by atoms with Crippen LogP contribution in [-0.2, 0) is 22.5 Å². The maximum atomic E-state index is 15.0. The largest absolute Gasteiger partial charge is 0.508 e. The zero-order chi connectivity index (χ0) is 27.0. The molecule has 3 heterocycles. The molecule has 2 aliphatic rings. The Balaban J connectivity index is 1.57. The lowest BCUT2D eigenvalue weighted by Crippen LogP contribution is -2.46. The van der Waals surface area contributed by atoms with Crippen molar-refractivity contribution in [2.24, 2.45) is 5.92 Å². The predicted molar refractivity (Wildman–Crippen MR) is 138 cm³/mol. The summed E-state index contributed by atoms with van der Waals surface area (Å²) in [4.78, 5) is 19.0. The second-order valence-electron chi connectivity index (χ2n) is 10.3. The summed E-state index contributed by atoms with van der Waals surface area (Å²) in [5, 5.41) is 10.3. The first kappa shape index (κ1) is 26.3. The number of allylic oxidation sites excluding steroid dienone is 1. The van der Waals surface area contributed by atoms with Crippen molar-refractivity contribution in [3.8, 4) is 5.75 Å². The van der Waals surface area contributed by atoms with Gasteiger partial charge >= 0.3 is 11.9 Å². The van der Waals surface area contributed by atoms with E-state index in [0.717, 1.165) is 27.9 Å². The van der Waals surface area contributed by atoms with Crippen LogP contribution in [0.15, 0.2) is 42.2 Å². The molecule has 6 nitrogen and oxygen atoms in total. The SMILES string of the molecule is CCOC(=O)C(F)(F)CC1=C(c2ccn3cc(CN4CC(CF)C4)nc3c2)c2ccc(O)c(C)c2CCC1. The molecule has 0 atom stereocenters. The number of aromatic nitrogens is 2. The Hall–Kier alpha value is -3.33. The molecular formula is C29H32F3N3O3. The summed E-state index contributed by atoms with van der Waals surface area (Å²) in [5.74, 6) is -4.92. The molecule has 1 saturated heterocycles. The van der Waals surface area contributed by atoms with Gasteiger partial charge in [0.15, 0.2) is 0 Å². The first-order valence-corrected chi connectivity index (χ1v) is 13.0. The fourth-order valence-corrected chi connectivity index (χ4v) is 5.61. The van der Waals surface area contributed by atoms with E-state index >= 15 is 8.78 Å². The number of aromatic hydroxyl groups is 1. The van der Waals surface area contributed by atoms with E-state index in [9.17, 15) is 14.3 Å². The van der Waals surface area contributed by atoms with E-state index in [0.29, 0.717) is 55.7 Å². The molecule has 0 amide bonds. The summed E-state index contributed by atoms with van der Waals surface area (Å²) in [7, 11) is 0. The topological polar surface area (TPSA) is 67.1 Å². The van der Waals surface area contributed by atoms with E-state index in [1.165, 1.54) is 6.92 Å². The number of imidazole rings is 1. The van der Waals surface area contributed by atoms with Crippen molar-refractivity contribution >= 4 is 17.2 Å². The number of pyridine rings is 1. The first-order valence-electron chi connectivity index (χ1n) is 13.0. The highest BCUT2D eigenvalue weighted by atomic mass is 19.3. The van der Waals surface area contributed by atoms with Crippen molar-refractivity contribution in [3.63, 3.8) is 0 Å². The molecule has 0 spiro atoms. The van der Waals surface area contributed by atoms with Gasteiger partial charge in [-0.25, -0.2) is 9.78 Å². The van der Waals surface area contributed by atoms with Gasteiger partial charge in [0.2, 0.25) is 0 Å². The summed E-state index contributed by atoms with van der Waals surface area (Å²) in [6.07, 6.45) is 4.66. The van der Waals surface area contributed by atoms with E-state index in [4.69, 9.17) is 4.98 Å². The lowest BCUT2D eigenvalue weighted by atomic mass is 9.87. The zero-order valence-corrected chi connectivity index (χ0v) is 21.6. The lowest BCUT2D eigenvalue weighted by molar-refractivity contribution is -0.171. The van der Waals surface area contributed by atoms with Crippen LogP contribution in [0.2, 0.25) is 0 Å². The molecular weight excluding hydrogens is 495 g/mol.